The van der Waals surface area contributed by atoms with Crippen molar-refractivity contribution in [2.75, 3.05) is 31.6 Å². The third-order valence-electron chi connectivity index (χ3n) is 4.86. The molecule has 1 aliphatic heterocycles. The Kier molecular flexibility index (Phi) is 6.94. The number of nitrogens with one attached hydrogen (secondary N) is 2. The van der Waals surface area contributed by atoms with Crippen LogP contribution in [0.2, 0.25) is 0 Å². The molecule has 3 rings (SSSR count). The van der Waals surface area contributed by atoms with E-state index in [2.05, 4.69) is 31.6 Å². The van der Waals surface area contributed by atoms with Crippen molar-refractivity contribution in [3.05, 3.63) is 48.2 Å². The average Bonchev–Trinajstić information content (AvgIpc) is 2.74. The first kappa shape index (κ1) is 19.8. The van der Waals surface area contributed by atoms with Gasteiger partial charge in [-0.3, -0.25) is 0 Å². The molecule has 0 bridgehead atoms. The third kappa shape index (κ3) is 5.06. The van der Waals surface area contributed by atoms with Crippen molar-refractivity contribution in [3.63, 3.8) is 0 Å². The zero-order valence-corrected chi connectivity index (χ0v) is 16.6. The summed E-state index contributed by atoms with van der Waals surface area (Å²) < 4.78 is 5.17. The van der Waals surface area contributed by atoms with Crippen molar-refractivity contribution in [2.45, 2.75) is 32.4 Å². The molecule has 150 valence electrons. The summed E-state index contributed by atoms with van der Waals surface area (Å²) in [6.45, 7) is 5.13. The molecule has 0 unspecified atom stereocenters. The molecule has 7 heteroatoms. The van der Waals surface area contributed by atoms with Gasteiger partial charge < -0.3 is 25.4 Å². The van der Waals surface area contributed by atoms with E-state index in [9.17, 15) is 5.11 Å². The molecule has 0 aliphatic carbocycles. The van der Waals surface area contributed by atoms with Crippen LogP contribution in [0, 0.1) is 0 Å². The summed E-state index contributed by atoms with van der Waals surface area (Å²) in [5, 5.41) is 17.1. The van der Waals surface area contributed by atoms with Crippen molar-refractivity contribution < 1.29 is 9.84 Å². The predicted molar refractivity (Wildman–Crippen MR) is 112 cm³/mol. The van der Waals surface area contributed by atoms with E-state index in [1.165, 1.54) is 0 Å². The minimum atomic E-state index is 0.147. The van der Waals surface area contributed by atoms with Gasteiger partial charge in [0.25, 0.3) is 0 Å². The number of anilines is 1. The number of pyridine rings is 1. The highest BCUT2D eigenvalue weighted by Crippen LogP contribution is 2.29. The number of guanidine groups is 1. The Morgan fingerprint density at radius 1 is 1.25 bits per heavy atom. The number of phenols is 1. The number of rotatable bonds is 6. The number of piperidine rings is 1. The highest BCUT2D eigenvalue weighted by molar-refractivity contribution is 5.80. The second-order valence-electron chi connectivity index (χ2n) is 6.76. The third-order valence-corrected chi connectivity index (χ3v) is 4.86. The first-order valence-electron chi connectivity index (χ1n) is 9.77. The summed E-state index contributed by atoms with van der Waals surface area (Å²) in [5.41, 5.74) is 0.738. The number of hydrogen-bond donors (Lipinski definition) is 3. The number of aliphatic imine (C=N–C) groups is 1. The van der Waals surface area contributed by atoms with Crippen LogP contribution in [-0.2, 0) is 6.54 Å². The maximum Gasteiger partial charge on any atom is 0.191 e. The maximum atomic E-state index is 10.2. The van der Waals surface area contributed by atoms with Gasteiger partial charge in [-0.2, -0.15) is 0 Å². The van der Waals surface area contributed by atoms with Crippen LogP contribution in [0.5, 0.6) is 11.5 Å². The van der Waals surface area contributed by atoms with E-state index in [-0.39, 0.29) is 5.75 Å². The molecular weight excluding hydrogens is 354 g/mol. The monoisotopic (exact) mass is 383 g/mol. The Balaban J connectivity index is 1.58. The van der Waals surface area contributed by atoms with Crippen LogP contribution >= 0.6 is 0 Å². The molecule has 1 fully saturated rings. The summed E-state index contributed by atoms with van der Waals surface area (Å²) in [4.78, 5) is 11.4. The minimum absolute atomic E-state index is 0.147. The van der Waals surface area contributed by atoms with Crippen molar-refractivity contribution >= 4 is 11.8 Å². The number of nitrogens with zero attached hydrogens (tertiary/aromatic N) is 3. The number of para-hydroxylation sites is 1. The van der Waals surface area contributed by atoms with E-state index in [0.29, 0.717) is 18.3 Å². The van der Waals surface area contributed by atoms with Crippen LogP contribution in [-0.4, -0.2) is 48.8 Å². The van der Waals surface area contributed by atoms with Crippen molar-refractivity contribution in [2.24, 2.45) is 4.99 Å². The van der Waals surface area contributed by atoms with E-state index in [1.807, 2.05) is 37.4 Å². The molecule has 0 radical (unpaired) electrons. The molecule has 1 aromatic carbocycles. The molecule has 7 nitrogen and oxygen atoms in total. The van der Waals surface area contributed by atoms with Crippen LogP contribution in [0.15, 0.2) is 47.6 Å². The molecule has 1 aromatic heterocycles. The van der Waals surface area contributed by atoms with E-state index in [4.69, 9.17) is 4.74 Å². The van der Waals surface area contributed by atoms with Gasteiger partial charge in [-0.1, -0.05) is 18.2 Å². The Bertz CT molecular complexity index is 774. The van der Waals surface area contributed by atoms with Gasteiger partial charge in [-0.05, 0) is 38.0 Å². The van der Waals surface area contributed by atoms with Crippen LogP contribution < -0.4 is 20.3 Å². The highest BCUT2D eigenvalue weighted by atomic mass is 16.5. The number of aromatic hydroxyl groups is 1. The van der Waals surface area contributed by atoms with Gasteiger partial charge >= 0.3 is 0 Å². The second-order valence-corrected chi connectivity index (χ2v) is 6.76. The molecule has 1 saturated heterocycles. The lowest BCUT2D eigenvalue weighted by molar-refractivity contribution is 0.370. The topological polar surface area (TPSA) is 82.0 Å². The number of ether oxygens (including phenoxy) is 1. The minimum Gasteiger partial charge on any atom is -0.504 e. The maximum absolute atomic E-state index is 10.2. The molecule has 3 N–H and O–H groups in total. The number of hydrogen-bond acceptors (Lipinski definition) is 5. The van der Waals surface area contributed by atoms with Gasteiger partial charge in [0, 0.05) is 37.4 Å². The lowest BCUT2D eigenvalue weighted by atomic mass is 10.1. The van der Waals surface area contributed by atoms with Crippen LogP contribution in [0.4, 0.5) is 5.82 Å². The van der Waals surface area contributed by atoms with Gasteiger partial charge in [0.15, 0.2) is 17.5 Å². The Morgan fingerprint density at radius 3 is 2.75 bits per heavy atom. The van der Waals surface area contributed by atoms with E-state index >= 15 is 0 Å². The molecule has 2 heterocycles. The Morgan fingerprint density at radius 2 is 2.07 bits per heavy atom. The van der Waals surface area contributed by atoms with E-state index in [0.717, 1.165) is 49.8 Å². The molecule has 2 aromatic rings. The fourth-order valence-electron chi connectivity index (χ4n) is 3.33. The highest BCUT2D eigenvalue weighted by Gasteiger charge is 2.20. The lowest BCUT2D eigenvalue weighted by Crippen LogP contribution is -2.48. The van der Waals surface area contributed by atoms with E-state index < -0.39 is 0 Å². The molecule has 0 amide bonds. The quantitative estimate of drug-likeness (QED) is 0.525. The number of aromatic nitrogens is 1. The fraction of sp³-hybridized carbons (Fsp3) is 0.429. The summed E-state index contributed by atoms with van der Waals surface area (Å²) in [7, 11) is 1.55. The molecule has 0 atom stereocenters. The van der Waals surface area contributed by atoms with Gasteiger partial charge in [0.1, 0.15) is 5.82 Å². The van der Waals surface area contributed by atoms with E-state index in [1.54, 1.807) is 13.2 Å². The summed E-state index contributed by atoms with van der Waals surface area (Å²) in [6.07, 6.45) is 3.88. The van der Waals surface area contributed by atoms with Crippen molar-refractivity contribution in [1.29, 1.82) is 0 Å². The predicted octanol–water partition coefficient (Wildman–Crippen LogP) is 2.52. The van der Waals surface area contributed by atoms with Crippen LogP contribution in [0.3, 0.4) is 0 Å². The molecule has 1 aliphatic rings. The summed E-state index contributed by atoms with van der Waals surface area (Å²) >= 11 is 0. The van der Waals surface area contributed by atoms with Crippen LogP contribution in [0.1, 0.15) is 25.3 Å². The van der Waals surface area contributed by atoms with Gasteiger partial charge in [-0.25, -0.2) is 9.98 Å². The zero-order valence-electron chi connectivity index (χ0n) is 16.6. The van der Waals surface area contributed by atoms with Gasteiger partial charge in [0.05, 0.1) is 13.7 Å². The van der Waals surface area contributed by atoms with Crippen molar-refractivity contribution in [3.8, 4) is 11.5 Å². The van der Waals surface area contributed by atoms with Gasteiger partial charge in [-0.15, -0.1) is 0 Å². The summed E-state index contributed by atoms with van der Waals surface area (Å²) in [6, 6.07) is 11.8. The molecular formula is C21H29N5O2. The molecule has 0 spiro atoms. The fourth-order valence-corrected chi connectivity index (χ4v) is 3.33. The summed E-state index contributed by atoms with van der Waals surface area (Å²) in [5.74, 6) is 2.41. The second kappa shape index (κ2) is 9.82. The Labute approximate surface area is 166 Å². The first-order valence-corrected chi connectivity index (χ1v) is 9.77. The average molecular weight is 383 g/mol. The SMILES string of the molecule is CCNC(=NCc1cccc(OC)c1O)NC1CCN(c2ccccn2)CC1. The number of phenolic OH excluding ortho intramolecular Hbond substituents is 1. The standard InChI is InChI=1S/C21H29N5O2/c1-3-22-21(24-15-16-7-6-8-18(28-2)20(16)27)25-17-10-13-26(14-11-17)19-9-4-5-12-23-19/h4-9,12,17,27H,3,10-11,13-15H2,1-2H3,(H2,22,24,25). The Hall–Kier alpha value is -2.96. The number of methoxy groups -OCH3 is 1. The van der Waals surface area contributed by atoms with Crippen LogP contribution in [0.25, 0.3) is 0 Å². The first-order chi connectivity index (χ1) is 13.7. The molecule has 0 saturated carbocycles. The molecule has 28 heavy (non-hydrogen) atoms. The normalized spacial score (nSPS) is 15.4. The largest absolute Gasteiger partial charge is 0.504 e. The zero-order chi connectivity index (χ0) is 19.8. The lowest BCUT2D eigenvalue weighted by Gasteiger charge is -2.33. The van der Waals surface area contributed by atoms with Crippen molar-refractivity contribution in [1.82, 2.24) is 15.6 Å². The smallest absolute Gasteiger partial charge is 0.191 e. The number of benzene rings is 1. The van der Waals surface area contributed by atoms with Gasteiger partial charge in [0.2, 0.25) is 0 Å².